The largest absolute Gasteiger partial charge is 0.310 e. The molecule has 20 rings (SSSR count). The quantitative estimate of drug-likeness (QED) is 0.107. The minimum absolute atomic E-state index is 0.0973. The van der Waals surface area contributed by atoms with Crippen LogP contribution in [-0.2, 0) is 27.1 Å². The van der Waals surface area contributed by atoms with Crippen LogP contribution in [0.25, 0.3) is 139 Å². The first-order valence-electron chi connectivity index (χ1n) is 47.9. The molecule has 3 nitrogen and oxygen atoms in total. The topological polar surface area (TPSA) is 11.4 Å². The first-order valence-corrected chi connectivity index (χ1v) is 44.4. The summed E-state index contributed by atoms with van der Waals surface area (Å²) in [5.74, 6) is 0. The van der Waals surface area contributed by atoms with Crippen LogP contribution in [0.3, 0.4) is 0 Å². The summed E-state index contributed by atoms with van der Waals surface area (Å²) >= 11 is 0. The maximum Gasteiger partial charge on any atom is 0.252 e. The molecule has 2 aliphatic heterocycles. The number of hydrogen-bond acceptors (Lipinski definition) is 2. The van der Waals surface area contributed by atoms with Crippen molar-refractivity contribution < 1.29 is 9.60 Å². The average molecular weight is 1630 g/mol. The third-order valence-corrected chi connectivity index (χ3v) is 25.9. The van der Waals surface area contributed by atoms with Crippen LogP contribution in [0.5, 0.6) is 0 Å². The lowest BCUT2D eigenvalue weighted by atomic mass is 9.33. The Morgan fingerprint density at radius 1 is 0.230 bits per heavy atom. The van der Waals surface area contributed by atoms with Gasteiger partial charge >= 0.3 is 0 Å². The average Bonchev–Trinajstić information content (AvgIpc) is 1.50. The van der Waals surface area contributed by atoms with E-state index < -0.39 is 29.6 Å². The molecular weight excluding hydrogens is 1520 g/mol. The van der Waals surface area contributed by atoms with E-state index in [-0.39, 0.29) is 73.8 Å². The van der Waals surface area contributed by atoms with Gasteiger partial charge < -0.3 is 14.4 Å². The van der Waals surface area contributed by atoms with Crippen LogP contribution >= 0.6 is 0 Å². The normalized spacial score (nSPS) is 13.6. The van der Waals surface area contributed by atoms with Crippen molar-refractivity contribution in [2.45, 2.75) is 131 Å². The van der Waals surface area contributed by atoms with Crippen molar-refractivity contribution in [2.24, 2.45) is 0 Å². The van der Waals surface area contributed by atoms with Gasteiger partial charge in [0.25, 0.3) is 6.71 Å². The van der Waals surface area contributed by atoms with Gasteiger partial charge in [-0.05, 0) is 263 Å². The fourth-order valence-electron chi connectivity index (χ4n) is 18.9. The lowest BCUT2D eigenvalue weighted by Gasteiger charge is -2.47. The molecule has 614 valence electrons. The molecule has 0 saturated carbocycles. The Kier molecular flexibility index (Phi) is 18.0. The smallest absolute Gasteiger partial charge is 0.252 e. The molecule has 0 bridgehead atoms. The molecule has 0 unspecified atom stereocenters. The summed E-state index contributed by atoms with van der Waals surface area (Å²) in [6, 6.07) is 122. The van der Waals surface area contributed by atoms with E-state index in [0.29, 0.717) is 11.3 Å². The third kappa shape index (κ3) is 14.8. The number of para-hydroxylation sites is 1. The summed E-state index contributed by atoms with van der Waals surface area (Å²) in [5, 5.41) is 0.255. The minimum Gasteiger partial charge on any atom is -0.310 e. The fourth-order valence-corrected chi connectivity index (χ4v) is 18.9. The van der Waals surface area contributed by atoms with E-state index in [1.54, 1.807) is 4.57 Å². The monoisotopic (exact) mass is 1630 g/mol. The van der Waals surface area contributed by atoms with Crippen LogP contribution in [0.2, 0.25) is 0 Å². The summed E-state index contributed by atoms with van der Waals surface area (Å²) in [6.07, 6.45) is 0. The summed E-state index contributed by atoms with van der Waals surface area (Å²) in [6.45, 7) is 34.2. The lowest BCUT2D eigenvalue weighted by molar-refractivity contribution is 0.589. The van der Waals surface area contributed by atoms with Crippen LogP contribution in [0, 0.1) is 0 Å². The number of fused-ring (bicyclic) bond motifs is 7. The van der Waals surface area contributed by atoms with Crippen molar-refractivity contribution in [3.63, 3.8) is 0 Å². The molecule has 3 heterocycles. The fraction of sp³-hybridized carbons (Fsp3) is 0.164. The number of benzene rings is 17. The summed E-state index contributed by atoms with van der Waals surface area (Å²) in [5.41, 5.74) is 33.0. The number of aromatic nitrogens is 1. The molecule has 0 atom stereocenters. The Morgan fingerprint density at radius 2 is 0.579 bits per heavy atom. The van der Waals surface area contributed by atoms with Crippen LogP contribution in [0.4, 0.5) is 34.1 Å². The van der Waals surface area contributed by atoms with E-state index in [1.165, 1.54) is 16.7 Å². The molecular formula is C122H108BN3. The van der Waals surface area contributed by atoms with Gasteiger partial charge in [-0.15, -0.1) is 0 Å². The van der Waals surface area contributed by atoms with Crippen molar-refractivity contribution >= 4 is 79.0 Å². The standard InChI is InChI=1S/C122H108BN3/c1-118(2,3)95-53-35-51-90(68-95)104-74-98(121(10,11)12)75-105(91-52-36-54-96(69-91)119(4,5)6)116(104)125-111-62-58-87(94-66-92(82-43-27-19-28-44-82)65-93(67-94)83-45-29-20-30-46-83)71-108(111)123-107-60-59-100(124-109-56-32-31-55-101(109)106-70-86(57-61-110(106)124)81-41-25-18-26-42-81)78-112(107)126(114-77-99(122(13,14)15)76-113(125)115(114)123)117-102(88-49-33-47-84(63-88)79-37-21-16-22-38-79)72-97(120(7,8)9)73-103(117)89-50-34-48-85(64-89)80-39-23-17-24-40-80/h16-78H,1-15H3/i31D,32D,55D,56D,57D,61D,70D. The molecule has 0 N–H and O–H groups in total. The van der Waals surface area contributed by atoms with Crippen LogP contribution in [0.15, 0.2) is 382 Å². The van der Waals surface area contributed by atoms with Gasteiger partial charge in [0, 0.05) is 61.5 Å². The molecule has 0 aliphatic carbocycles. The van der Waals surface area contributed by atoms with Gasteiger partial charge in [-0.1, -0.05) is 383 Å². The van der Waals surface area contributed by atoms with E-state index in [1.807, 2.05) is 30.3 Å². The zero-order valence-electron chi connectivity index (χ0n) is 81.8. The van der Waals surface area contributed by atoms with E-state index in [2.05, 4.69) is 423 Å². The maximum absolute atomic E-state index is 10.6. The second-order valence-electron chi connectivity index (χ2n) is 39.6. The zero-order chi connectivity index (χ0) is 93.0. The molecule has 0 spiro atoms. The number of anilines is 6. The molecule has 18 aromatic rings. The molecule has 126 heavy (non-hydrogen) atoms. The van der Waals surface area contributed by atoms with Gasteiger partial charge in [0.15, 0.2) is 0 Å². The highest BCUT2D eigenvalue weighted by Gasteiger charge is 2.47. The molecule has 0 radical (unpaired) electrons. The van der Waals surface area contributed by atoms with Gasteiger partial charge in [0.1, 0.15) is 0 Å². The van der Waals surface area contributed by atoms with Gasteiger partial charge in [-0.3, -0.25) is 0 Å². The second-order valence-corrected chi connectivity index (χ2v) is 39.6. The van der Waals surface area contributed by atoms with E-state index in [9.17, 15) is 9.60 Å². The van der Waals surface area contributed by atoms with E-state index >= 15 is 0 Å². The molecule has 2 aliphatic rings. The Hall–Kier alpha value is -13.8. The van der Waals surface area contributed by atoms with Crippen molar-refractivity contribution in [1.82, 2.24) is 4.57 Å². The van der Waals surface area contributed by atoms with Crippen molar-refractivity contribution in [2.75, 3.05) is 9.80 Å². The highest BCUT2D eigenvalue weighted by atomic mass is 15.2. The van der Waals surface area contributed by atoms with Gasteiger partial charge in [0.05, 0.1) is 32.0 Å². The SMILES string of the molecule is [2H]c1c([2H])c([2H])c2c(c1[2H])c1c([2H])c(-c3ccccc3)c([2H])c([2H])c1n2-c1ccc2c(c1)N(c1c(-c3cccc(-c4ccccc4)c3)cc(C(C)(C)C)cc1-c1cccc(-c3ccccc3)c1)c1cc(C(C)(C)C)cc3c1B2c1cc(-c2cc(-c4ccccc4)cc(-c4ccccc4)c2)ccc1N3c1c(-c2cccc(C(C)(C)C)c2)cc(C(C)(C)C)cc1-c1cccc(C(C)(C)C)c1. The number of hydrogen-bond donors (Lipinski definition) is 0. The van der Waals surface area contributed by atoms with Crippen LogP contribution in [-0.4, -0.2) is 11.3 Å². The Balaban J connectivity index is 1.01. The Morgan fingerprint density at radius 3 is 1.02 bits per heavy atom. The summed E-state index contributed by atoms with van der Waals surface area (Å²) in [4.78, 5) is 5.22. The van der Waals surface area contributed by atoms with Crippen molar-refractivity contribution in [3.05, 3.63) is 410 Å². The zero-order valence-corrected chi connectivity index (χ0v) is 74.8. The highest BCUT2D eigenvalue weighted by Crippen LogP contribution is 2.57. The Labute approximate surface area is 756 Å². The minimum atomic E-state index is -0.579. The predicted molar refractivity (Wildman–Crippen MR) is 543 cm³/mol. The highest BCUT2D eigenvalue weighted by molar-refractivity contribution is 7.00. The van der Waals surface area contributed by atoms with E-state index in [4.69, 9.17) is 0 Å². The van der Waals surface area contributed by atoms with Crippen molar-refractivity contribution in [3.8, 4) is 117 Å². The Bertz CT molecular complexity index is 7480. The summed E-state index contributed by atoms with van der Waals surface area (Å²) < 4.78 is 72.6. The molecule has 0 amide bonds. The van der Waals surface area contributed by atoms with E-state index in [0.717, 1.165) is 162 Å². The lowest BCUT2D eigenvalue weighted by Crippen LogP contribution is -2.61. The predicted octanol–water partition coefficient (Wildman–Crippen LogP) is 32.0. The van der Waals surface area contributed by atoms with Gasteiger partial charge in [-0.25, -0.2) is 0 Å². The first-order chi connectivity index (χ1) is 63.5. The van der Waals surface area contributed by atoms with Crippen LogP contribution in [0.1, 0.15) is 141 Å². The van der Waals surface area contributed by atoms with Crippen molar-refractivity contribution in [1.29, 1.82) is 0 Å². The van der Waals surface area contributed by atoms with Gasteiger partial charge in [-0.2, -0.15) is 0 Å². The maximum atomic E-state index is 10.6. The van der Waals surface area contributed by atoms with Gasteiger partial charge in [0.2, 0.25) is 0 Å². The molecule has 1 aromatic heterocycles. The number of nitrogens with zero attached hydrogens (tertiary/aromatic N) is 3. The number of rotatable bonds is 13. The van der Waals surface area contributed by atoms with Crippen LogP contribution < -0.4 is 26.2 Å². The summed E-state index contributed by atoms with van der Waals surface area (Å²) in [7, 11) is 0. The molecule has 4 heteroatoms. The molecule has 0 fully saturated rings. The molecule has 17 aromatic carbocycles. The first kappa shape index (κ1) is 72.6. The molecule has 0 saturated heterocycles. The second kappa shape index (κ2) is 31.2. The third-order valence-electron chi connectivity index (χ3n) is 25.9.